The lowest BCUT2D eigenvalue weighted by Gasteiger charge is -2.57. The molecule has 4 fully saturated rings. The van der Waals surface area contributed by atoms with E-state index < -0.39 is 28.5 Å². The van der Waals surface area contributed by atoms with Crippen molar-refractivity contribution in [3.63, 3.8) is 0 Å². The molecule has 0 saturated heterocycles. The summed E-state index contributed by atoms with van der Waals surface area (Å²) in [5.41, 5.74) is 2.63. The number of sulfonamides is 1. The Morgan fingerprint density at radius 3 is 2.08 bits per heavy atom. The van der Waals surface area contributed by atoms with Gasteiger partial charge in [-0.1, -0.05) is 48.9 Å². The molecule has 4 bridgehead atoms. The van der Waals surface area contributed by atoms with Crippen LogP contribution in [-0.4, -0.2) is 51.0 Å². The van der Waals surface area contributed by atoms with E-state index in [4.69, 9.17) is 11.6 Å². The minimum Gasteiger partial charge on any atom is -0.357 e. The normalized spacial score (nSPS) is 25.9. The van der Waals surface area contributed by atoms with Crippen molar-refractivity contribution in [1.29, 1.82) is 0 Å². The first kappa shape index (κ1) is 28.9. The van der Waals surface area contributed by atoms with Crippen molar-refractivity contribution in [3.8, 4) is 0 Å². The van der Waals surface area contributed by atoms with Crippen LogP contribution in [0.3, 0.4) is 0 Å². The van der Waals surface area contributed by atoms with Crippen LogP contribution in [-0.2, 0) is 31.6 Å². The zero-order chi connectivity index (χ0) is 28.7. The molecule has 0 spiro atoms. The van der Waals surface area contributed by atoms with Gasteiger partial charge in [-0.15, -0.1) is 0 Å². The van der Waals surface area contributed by atoms with E-state index in [1.165, 1.54) is 56.0 Å². The van der Waals surface area contributed by atoms with E-state index in [0.717, 1.165) is 28.3 Å². The minimum absolute atomic E-state index is 0.0903. The van der Waals surface area contributed by atoms with Gasteiger partial charge in [0.1, 0.15) is 12.6 Å². The van der Waals surface area contributed by atoms with Gasteiger partial charge in [-0.25, -0.2) is 8.42 Å². The van der Waals surface area contributed by atoms with E-state index in [1.807, 2.05) is 25.1 Å². The highest BCUT2D eigenvalue weighted by molar-refractivity contribution is 7.92. The van der Waals surface area contributed by atoms with Gasteiger partial charge in [0.25, 0.3) is 0 Å². The molecule has 2 amide bonds. The fourth-order valence-electron chi connectivity index (χ4n) is 7.96. The van der Waals surface area contributed by atoms with Crippen LogP contribution in [0, 0.1) is 17.8 Å². The van der Waals surface area contributed by atoms with E-state index in [1.54, 1.807) is 18.2 Å². The van der Waals surface area contributed by atoms with Crippen molar-refractivity contribution in [3.05, 3.63) is 64.7 Å². The van der Waals surface area contributed by atoms with Crippen molar-refractivity contribution in [2.24, 2.45) is 17.8 Å². The zero-order valence-corrected chi connectivity index (χ0v) is 25.2. The third-order valence-corrected chi connectivity index (χ3v) is 10.9. The first-order valence-corrected chi connectivity index (χ1v) is 16.6. The van der Waals surface area contributed by atoms with Gasteiger partial charge in [-0.3, -0.25) is 13.9 Å². The van der Waals surface area contributed by atoms with Crippen molar-refractivity contribution in [1.82, 2.24) is 10.2 Å². The van der Waals surface area contributed by atoms with Crippen LogP contribution < -0.4 is 9.62 Å². The highest BCUT2D eigenvalue weighted by Gasteiger charge is 2.51. The van der Waals surface area contributed by atoms with Gasteiger partial charge >= 0.3 is 0 Å². The van der Waals surface area contributed by atoms with Crippen LogP contribution in [0.4, 0.5) is 5.69 Å². The van der Waals surface area contributed by atoms with E-state index in [9.17, 15) is 18.0 Å². The molecule has 0 radical (unpaired) electrons. The molecule has 1 atom stereocenters. The van der Waals surface area contributed by atoms with Crippen LogP contribution in [0.1, 0.15) is 63.0 Å². The summed E-state index contributed by atoms with van der Waals surface area (Å²) in [6, 6.07) is 14.2. The maximum atomic E-state index is 13.8. The fraction of sp³-hybridized carbons (Fsp3) is 0.548. The molecule has 9 heteroatoms. The van der Waals surface area contributed by atoms with Gasteiger partial charge in [0, 0.05) is 18.6 Å². The molecule has 2 aromatic carbocycles. The van der Waals surface area contributed by atoms with Crippen molar-refractivity contribution < 1.29 is 18.0 Å². The van der Waals surface area contributed by atoms with Crippen LogP contribution in [0.25, 0.3) is 0 Å². The van der Waals surface area contributed by atoms with E-state index in [0.29, 0.717) is 22.7 Å². The van der Waals surface area contributed by atoms with Gasteiger partial charge < -0.3 is 10.2 Å². The summed E-state index contributed by atoms with van der Waals surface area (Å²) < 4.78 is 27.1. The Morgan fingerprint density at radius 2 is 1.57 bits per heavy atom. The standard InChI is InChI=1S/C31H40ClN3O4S/c1-4-28(30(37)33-2)34(19-24-7-5-6-8-27(24)32)29(36)20-35(40(3,38)39)26-11-9-25(10-12-26)31-16-21-13-22(17-31)15-23(14-21)18-31/h5-12,21-23,28H,4,13-20H2,1-3H3,(H,33,37)/t21?,22?,23?,28-,31?/m0/s1. The Labute approximate surface area is 243 Å². The average Bonchev–Trinajstić information content (AvgIpc) is 2.91. The first-order chi connectivity index (χ1) is 19.0. The number of halogens is 1. The van der Waals surface area contributed by atoms with Crippen LogP contribution in [0.2, 0.25) is 5.02 Å². The largest absolute Gasteiger partial charge is 0.357 e. The Hall–Kier alpha value is -2.58. The zero-order valence-electron chi connectivity index (χ0n) is 23.6. The molecular weight excluding hydrogens is 546 g/mol. The van der Waals surface area contributed by atoms with Gasteiger partial charge in [0.2, 0.25) is 21.8 Å². The Balaban J connectivity index is 1.41. The van der Waals surface area contributed by atoms with Crippen molar-refractivity contribution >= 4 is 39.1 Å². The summed E-state index contributed by atoms with van der Waals surface area (Å²) in [6.45, 7) is 1.50. The second-order valence-corrected chi connectivity index (χ2v) is 14.5. The molecule has 40 heavy (non-hydrogen) atoms. The molecule has 0 unspecified atom stereocenters. The second kappa shape index (κ2) is 11.4. The summed E-state index contributed by atoms with van der Waals surface area (Å²) in [4.78, 5) is 28.0. The number of likely N-dealkylation sites (N-methyl/N-ethyl adjacent to an activating group) is 1. The second-order valence-electron chi connectivity index (χ2n) is 12.2. The number of carbonyl (C=O) groups is 2. The predicted octanol–water partition coefficient (Wildman–Crippen LogP) is 5.13. The molecule has 0 aromatic heterocycles. The number of hydrogen-bond donors (Lipinski definition) is 1. The quantitative estimate of drug-likeness (QED) is 0.419. The molecule has 0 aliphatic heterocycles. The van der Waals surface area contributed by atoms with Gasteiger partial charge in [-0.2, -0.15) is 0 Å². The minimum atomic E-state index is -3.78. The highest BCUT2D eigenvalue weighted by atomic mass is 35.5. The van der Waals surface area contributed by atoms with Crippen LogP contribution in [0.5, 0.6) is 0 Å². The molecule has 2 aromatic rings. The molecule has 216 valence electrons. The first-order valence-electron chi connectivity index (χ1n) is 14.4. The number of nitrogens with one attached hydrogen (secondary N) is 1. The SMILES string of the molecule is CC[C@@H](C(=O)NC)N(Cc1ccccc1Cl)C(=O)CN(c1ccc(C23CC4CC(CC(C4)C2)C3)cc1)S(C)(=O)=O. The summed E-state index contributed by atoms with van der Waals surface area (Å²) >= 11 is 6.39. The van der Waals surface area contributed by atoms with E-state index in [2.05, 4.69) is 17.4 Å². The van der Waals surface area contributed by atoms with Crippen LogP contribution >= 0.6 is 11.6 Å². The van der Waals surface area contributed by atoms with Gasteiger partial charge in [0.05, 0.1) is 11.9 Å². The van der Waals surface area contributed by atoms with Crippen molar-refractivity contribution in [2.75, 3.05) is 24.2 Å². The lowest BCUT2D eigenvalue weighted by Crippen LogP contribution is -2.51. The molecule has 4 aliphatic rings. The summed E-state index contributed by atoms with van der Waals surface area (Å²) in [5, 5.41) is 3.11. The number of benzene rings is 2. The average molecular weight is 586 g/mol. The van der Waals surface area contributed by atoms with Gasteiger partial charge in [0.15, 0.2) is 0 Å². The molecule has 0 heterocycles. The highest BCUT2D eigenvalue weighted by Crippen LogP contribution is 2.60. The lowest BCUT2D eigenvalue weighted by molar-refractivity contribution is -0.140. The lowest BCUT2D eigenvalue weighted by atomic mass is 9.48. The number of nitrogens with zero attached hydrogens (tertiary/aromatic N) is 2. The third-order valence-electron chi connectivity index (χ3n) is 9.42. The fourth-order valence-corrected chi connectivity index (χ4v) is 9.00. The summed E-state index contributed by atoms with van der Waals surface area (Å²) in [5.74, 6) is 1.66. The molecule has 4 saturated carbocycles. The monoisotopic (exact) mass is 585 g/mol. The van der Waals surface area contributed by atoms with Crippen LogP contribution in [0.15, 0.2) is 48.5 Å². The third kappa shape index (κ3) is 5.75. The van der Waals surface area contributed by atoms with E-state index in [-0.39, 0.29) is 17.9 Å². The molecule has 4 aliphatic carbocycles. The Bertz CT molecular complexity index is 1330. The Morgan fingerprint density at radius 1 is 1.00 bits per heavy atom. The number of hydrogen-bond acceptors (Lipinski definition) is 4. The number of amides is 2. The number of rotatable bonds is 10. The summed E-state index contributed by atoms with van der Waals surface area (Å²) in [6.07, 6.45) is 9.24. The number of anilines is 1. The Kier molecular flexibility index (Phi) is 8.22. The number of carbonyl (C=O) groups excluding carboxylic acids is 2. The predicted molar refractivity (Wildman–Crippen MR) is 159 cm³/mol. The van der Waals surface area contributed by atoms with Crippen molar-refractivity contribution in [2.45, 2.75) is 69.9 Å². The maximum Gasteiger partial charge on any atom is 0.244 e. The van der Waals surface area contributed by atoms with Gasteiger partial charge in [-0.05, 0) is 97.4 Å². The smallest absolute Gasteiger partial charge is 0.244 e. The molecular formula is C31H40ClN3O4S. The molecule has 1 N–H and O–H groups in total. The maximum absolute atomic E-state index is 13.8. The van der Waals surface area contributed by atoms with E-state index >= 15 is 0 Å². The summed E-state index contributed by atoms with van der Waals surface area (Å²) in [7, 11) is -2.26. The molecule has 6 rings (SSSR count). The molecule has 7 nitrogen and oxygen atoms in total. The topological polar surface area (TPSA) is 86.8 Å².